The molecule has 1 amide bonds. The van der Waals surface area contributed by atoms with Gasteiger partial charge in [0.25, 0.3) is 5.91 Å². The van der Waals surface area contributed by atoms with E-state index in [0.717, 1.165) is 37.4 Å². The van der Waals surface area contributed by atoms with Crippen molar-refractivity contribution in [2.45, 2.75) is 25.7 Å². The zero-order chi connectivity index (χ0) is 19.9. The molecule has 1 aliphatic heterocycles. The summed E-state index contributed by atoms with van der Waals surface area (Å²) < 4.78 is 5.32. The number of nitrogens with one attached hydrogen (secondary N) is 1. The molecular formula is C22H25ClN2O3. The molecule has 0 saturated carbocycles. The molecule has 148 valence electrons. The molecule has 0 radical (unpaired) electrons. The van der Waals surface area contributed by atoms with Gasteiger partial charge in [0.15, 0.2) is 12.4 Å². The number of amides is 1. The number of likely N-dealkylation sites (N-methyl/N-ethyl adjacent to an activating group) is 1. The number of unbranched alkanes of at least 4 members (excludes halogenated alkanes) is 1. The van der Waals surface area contributed by atoms with E-state index in [0.29, 0.717) is 23.4 Å². The van der Waals surface area contributed by atoms with Crippen LogP contribution in [0.2, 0.25) is 5.02 Å². The Morgan fingerprint density at radius 3 is 2.86 bits per heavy atom. The van der Waals surface area contributed by atoms with E-state index in [4.69, 9.17) is 16.3 Å². The number of benzene rings is 2. The number of Topliss-reactive ketones (excluding diaryl/α,β-unsaturated/α-hetero) is 1. The lowest BCUT2D eigenvalue weighted by atomic mass is 10.0. The second-order valence-electron chi connectivity index (χ2n) is 7.11. The normalized spacial score (nSPS) is 13.0. The average Bonchev–Trinajstić information content (AvgIpc) is 2.69. The van der Waals surface area contributed by atoms with Gasteiger partial charge < -0.3 is 15.0 Å². The highest BCUT2D eigenvalue weighted by molar-refractivity contribution is 6.30. The van der Waals surface area contributed by atoms with Crippen LogP contribution in [0.1, 0.15) is 35.2 Å². The summed E-state index contributed by atoms with van der Waals surface area (Å²) >= 11 is 6.02. The van der Waals surface area contributed by atoms with Crippen LogP contribution < -0.4 is 10.1 Å². The predicted molar refractivity (Wildman–Crippen MR) is 111 cm³/mol. The van der Waals surface area contributed by atoms with E-state index in [1.807, 2.05) is 18.2 Å². The Balaban J connectivity index is 1.38. The van der Waals surface area contributed by atoms with Gasteiger partial charge in [-0.1, -0.05) is 23.7 Å². The quantitative estimate of drug-likeness (QED) is 0.506. The molecule has 0 aromatic heterocycles. The van der Waals surface area contributed by atoms with Crippen LogP contribution in [0.4, 0.5) is 5.69 Å². The lowest BCUT2D eigenvalue weighted by molar-refractivity contribution is -0.118. The Hall–Kier alpha value is -2.37. The Labute approximate surface area is 170 Å². The number of nitrogens with zero attached hydrogens (tertiary/aromatic N) is 1. The fraction of sp³-hybridized carbons (Fsp3) is 0.364. The number of halogens is 1. The van der Waals surface area contributed by atoms with Crippen molar-refractivity contribution in [3.63, 3.8) is 0 Å². The number of carbonyl (C=O) groups is 2. The number of hydrogen-bond donors (Lipinski definition) is 1. The van der Waals surface area contributed by atoms with Crippen molar-refractivity contribution in [2.75, 3.05) is 32.1 Å². The molecule has 0 unspecified atom stereocenters. The number of hydrogen-bond acceptors (Lipinski definition) is 4. The van der Waals surface area contributed by atoms with Crippen molar-refractivity contribution in [3.8, 4) is 5.75 Å². The maximum Gasteiger partial charge on any atom is 0.262 e. The monoisotopic (exact) mass is 400 g/mol. The number of ketones is 1. The van der Waals surface area contributed by atoms with E-state index >= 15 is 0 Å². The van der Waals surface area contributed by atoms with E-state index in [1.54, 1.807) is 18.2 Å². The zero-order valence-electron chi connectivity index (χ0n) is 16.0. The van der Waals surface area contributed by atoms with E-state index in [2.05, 4.69) is 23.3 Å². The van der Waals surface area contributed by atoms with Crippen molar-refractivity contribution in [2.24, 2.45) is 0 Å². The lowest BCUT2D eigenvalue weighted by Crippen LogP contribution is -2.25. The molecule has 3 rings (SSSR count). The van der Waals surface area contributed by atoms with Crippen molar-refractivity contribution in [3.05, 3.63) is 58.6 Å². The summed E-state index contributed by atoms with van der Waals surface area (Å²) in [6, 6.07) is 13.1. The van der Waals surface area contributed by atoms with Gasteiger partial charge >= 0.3 is 0 Å². The Morgan fingerprint density at radius 2 is 2.04 bits per heavy atom. The standard InChI is InChI=1S/C22H25ClN2O3/c1-25(12-10-16-5-4-6-18(23)13-16)11-3-2-7-20(26)17-8-9-21-19(14-17)24-22(27)15-28-21/h4-6,8-9,13-14H,2-3,7,10-12,15H2,1H3,(H,24,27). The first-order valence-corrected chi connectivity index (χ1v) is 9.92. The van der Waals surface area contributed by atoms with E-state index in [1.165, 1.54) is 5.56 Å². The van der Waals surface area contributed by atoms with Crippen molar-refractivity contribution < 1.29 is 14.3 Å². The summed E-state index contributed by atoms with van der Waals surface area (Å²) in [4.78, 5) is 26.1. The number of ether oxygens (including phenoxy) is 1. The first-order valence-electron chi connectivity index (χ1n) is 9.54. The van der Waals surface area contributed by atoms with Crippen molar-refractivity contribution >= 4 is 29.0 Å². The molecule has 0 atom stereocenters. The molecular weight excluding hydrogens is 376 g/mol. The minimum atomic E-state index is -0.196. The Bertz CT molecular complexity index is 853. The van der Waals surface area contributed by atoms with Gasteiger partial charge in [0.1, 0.15) is 5.75 Å². The van der Waals surface area contributed by atoms with Gasteiger partial charge in [0.2, 0.25) is 0 Å². The lowest BCUT2D eigenvalue weighted by Gasteiger charge is -2.18. The van der Waals surface area contributed by atoms with Gasteiger partial charge in [-0.25, -0.2) is 0 Å². The molecule has 0 spiro atoms. The third kappa shape index (κ3) is 5.81. The third-order valence-electron chi connectivity index (χ3n) is 4.80. The van der Waals surface area contributed by atoms with Gasteiger partial charge in [-0.3, -0.25) is 9.59 Å². The van der Waals surface area contributed by atoms with Crippen molar-refractivity contribution in [1.82, 2.24) is 4.90 Å². The molecule has 2 aromatic rings. The van der Waals surface area contributed by atoms with Gasteiger partial charge in [-0.2, -0.15) is 0 Å². The summed E-state index contributed by atoms with van der Waals surface area (Å²) in [5.41, 5.74) is 2.42. The fourth-order valence-corrected chi connectivity index (χ4v) is 3.41. The maximum atomic E-state index is 12.4. The molecule has 0 fully saturated rings. The highest BCUT2D eigenvalue weighted by Gasteiger charge is 2.17. The summed E-state index contributed by atoms with van der Waals surface area (Å²) in [5.74, 6) is 0.500. The first-order chi connectivity index (χ1) is 13.5. The largest absolute Gasteiger partial charge is 0.482 e. The number of fused-ring (bicyclic) bond motifs is 1. The molecule has 1 aliphatic rings. The molecule has 0 aliphatic carbocycles. The fourth-order valence-electron chi connectivity index (χ4n) is 3.19. The van der Waals surface area contributed by atoms with E-state index in [9.17, 15) is 9.59 Å². The molecule has 1 N–H and O–H groups in total. The average molecular weight is 401 g/mol. The van der Waals surface area contributed by atoms with E-state index in [-0.39, 0.29) is 18.3 Å². The van der Waals surface area contributed by atoms with Crippen LogP contribution in [0.25, 0.3) is 0 Å². The van der Waals surface area contributed by atoms with Crippen LogP contribution in [-0.4, -0.2) is 43.3 Å². The van der Waals surface area contributed by atoms with Gasteiger partial charge in [0.05, 0.1) is 5.69 Å². The Morgan fingerprint density at radius 1 is 1.18 bits per heavy atom. The summed E-state index contributed by atoms with van der Waals surface area (Å²) in [6.45, 7) is 1.92. The van der Waals surface area contributed by atoms with Crippen LogP contribution in [0, 0.1) is 0 Å². The summed E-state index contributed by atoms with van der Waals surface area (Å²) in [5, 5.41) is 3.51. The van der Waals surface area contributed by atoms with E-state index < -0.39 is 0 Å². The molecule has 5 nitrogen and oxygen atoms in total. The topological polar surface area (TPSA) is 58.6 Å². The second kappa shape index (κ2) is 9.71. The van der Waals surface area contributed by atoms with Crippen LogP contribution in [0.5, 0.6) is 5.75 Å². The highest BCUT2D eigenvalue weighted by Crippen LogP contribution is 2.29. The number of carbonyl (C=O) groups excluding carboxylic acids is 2. The molecule has 28 heavy (non-hydrogen) atoms. The second-order valence-corrected chi connectivity index (χ2v) is 7.55. The van der Waals surface area contributed by atoms with Crippen LogP contribution in [-0.2, 0) is 11.2 Å². The van der Waals surface area contributed by atoms with Crippen LogP contribution in [0.3, 0.4) is 0 Å². The molecule has 1 heterocycles. The van der Waals surface area contributed by atoms with Crippen LogP contribution in [0.15, 0.2) is 42.5 Å². The third-order valence-corrected chi connectivity index (χ3v) is 5.03. The first kappa shape index (κ1) is 20.4. The summed E-state index contributed by atoms with van der Waals surface area (Å²) in [7, 11) is 2.10. The smallest absolute Gasteiger partial charge is 0.262 e. The predicted octanol–water partition coefficient (Wildman–Crippen LogP) is 4.20. The number of anilines is 1. The van der Waals surface area contributed by atoms with Crippen molar-refractivity contribution in [1.29, 1.82) is 0 Å². The van der Waals surface area contributed by atoms with Gasteiger partial charge in [-0.05, 0) is 68.8 Å². The Kier molecular flexibility index (Phi) is 7.06. The van der Waals surface area contributed by atoms with Gasteiger partial charge in [-0.15, -0.1) is 0 Å². The highest BCUT2D eigenvalue weighted by atomic mass is 35.5. The minimum absolute atomic E-state index is 0.0190. The van der Waals surface area contributed by atoms with Gasteiger partial charge in [0, 0.05) is 23.6 Å². The molecule has 2 aromatic carbocycles. The molecule has 0 bridgehead atoms. The zero-order valence-corrected chi connectivity index (χ0v) is 16.8. The molecule has 0 saturated heterocycles. The van der Waals surface area contributed by atoms with Crippen LogP contribution >= 0.6 is 11.6 Å². The molecule has 6 heteroatoms. The SMILES string of the molecule is CN(CCCCC(=O)c1ccc2c(c1)NC(=O)CO2)CCc1cccc(Cl)c1. The minimum Gasteiger partial charge on any atom is -0.482 e. The number of rotatable bonds is 9. The maximum absolute atomic E-state index is 12.4. The summed E-state index contributed by atoms with van der Waals surface area (Å²) in [6.07, 6.45) is 3.25.